The van der Waals surface area contributed by atoms with Gasteiger partial charge in [-0.05, 0) is 19.9 Å². The Hall–Kier alpha value is -1.36. The first kappa shape index (κ1) is 10.7. The lowest BCUT2D eigenvalue weighted by atomic mass is 10.2. The molecule has 0 radical (unpaired) electrons. The van der Waals surface area contributed by atoms with Gasteiger partial charge in [0.2, 0.25) is 5.91 Å². The second-order valence-corrected chi connectivity index (χ2v) is 3.52. The van der Waals surface area contributed by atoms with Crippen molar-refractivity contribution in [3.8, 4) is 0 Å². The molecule has 3 N–H and O–H groups in total. The van der Waals surface area contributed by atoms with E-state index in [1.165, 1.54) is 0 Å². The SMILES string of the molecule is Cc1cc(C)n(C[C@@H](C)C(=O)NN)n1. The molecule has 0 bridgehead atoms. The third kappa shape index (κ3) is 2.32. The fourth-order valence-electron chi connectivity index (χ4n) is 1.34. The minimum atomic E-state index is -0.169. The van der Waals surface area contributed by atoms with E-state index in [0.29, 0.717) is 6.54 Å². The number of nitrogens with one attached hydrogen (secondary N) is 1. The standard InChI is InChI=1S/C9H16N4O/c1-6(9(14)11-10)5-13-8(3)4-7(2)12-13/h4,6H,5,10H2,1-3H3,(H,11,14)/t6-/m1/s1. The van der Waals surface area contributed by atoms with Crippen LogP contribution in [-0.2, 0) is 11.3 Å². The van der Waals surface area contributed by atoms with Crippen molar-refractivity contribution in [3.63, 3.8) is 0 Å². The highest BCUT2D eigenvalue weighted by molar-refractivity contribution is 5.77. The Balaban J connectivity index is 2.69. The molecule has 1 amide bonds. The van der Waals surface area contributed by atoms with Crippen molar-refractivity contribution in [1.29, 1.82) is 0 Å². The zero-order chi connectivity index (χ0) is 10.7. The maximum absolute atomic E-state index is 11.2. The van der Waals surface area contributed by atoms with Gasteiger partial charge in [0.1, 0.15) is 0 Å². The Bertz CT molecular complexity index is 332. The van der Waals surface area contributed by atoms with Gasteiger partial charge < -0.3 is 0 Å². The summed E-state index contributed by atoms with van der Waals surface area (Å²) in [7, 11) is 0. The quantitative estimate of drug-likeness (QED) is 0.410. The first-order valence-electron chi connectivity index (χ1n) is 4.56. The van der Waals surface area contributed by atoms with Crippen LogP contribution < -0.4 is 11.3 Å². The highest BCUT2D eigenvalue weighted by Gasteiger charge is 2.13. The van der Waals surface area contributed by atoms with E-state index in [9.17, 15) is 4.79 Å². The normalized spacial score (nSPS) is 12.6. The van der Waals surface area contributed by atoms with Gasteiger partial charge in [0.15, 0.2) is 0 Å². The van der Waals surface area contributed by atoms with E-state index in [2.05, 4.69) is 10.5 Å². The van der Waals surface area contributed by atoms with Crippen molar-refractivity contribution < 1.29 is 4.79 Å². The topological polar surface area (TPSA) is 72.9 Å². The lowest BCUT2D eigenvalue weighted by molar-refractivity contribution is -0.125. The number of hydrogen-bond acceptors (Lipinski definition) is 3. The fraction of sp³-hybridized carbons (Fsp3) is 0.556. The van der Waals surface area contributed by atoms with Gasteiger partial charge >= 0.3 is 0 Å². The summed E-state index contributed by atoms with van der Waals surface area (Å²) in [6.07, 6.45) is 0. The number of rotatable bonds is 3. The van der Waals surface area contributed by atoms with Gasteiger partial charge in [-0.3, -0.25) is 14.9 Å². The van der Waals surface area contributed by atoms with Gasteiger partial charge in [0, 0.05) is 5.69 Å². The summed E-state index contributed by atoms with van der Waals surface area (Å²) >= 11 is 0. The average molecular weight is 196 g/mol. The van der Waals surface area contributed by atoms with Gasteiger partial charge in [-0.15, -0.1) is 0 Å². The van der Waals surface area contributed by atoms with Crippen LogP contribution in [0.25, 0.3) is 0 Å². The van der Waals surface area contributed by atoms with Crippen LogP contribution in [0.4, 0.5) is 0 Å². The lowest BCUT2D eigenvalue weighted by Crippen LogP contribution is -2.36. The predicted octanol–water partition coefficient (Wildman–Crippen LogP) is 0.126. The Morgan fingerprint density at radius 1 is 1.71 bits per heavy atom. The van der Waals surface area contributed by atoms with Crippen molar-refractivity contribution in [3.05, 3.63) is 17.5 Å². The third-order valence-corrected chi connectivity index (χ3v) is 2.14. The number of amides is 1. The molecule has 0 aliphatic heterocycles. The molecule has 78 valence electrons. The monoisotopic (exact) mass is 196 g/mol. The molecule has 14 heavy (non-hydrogen) atoms. The summed E-state index contributed by atoms with van der Waals surface area (Å²) in [5.74, 6) is 4.70. The van der Waals surface area contributed by atoms with Gasteiger partial charge in [-0.2, -0.15) is 5.10 Å². The molecule has 0 spiro atoms. The number of aromatic nitrogens is 2. The largest absolute Gasteiger partial charge is 0.294 e. The van der Waals surface area contributed by atoms with Crippen molar-refractivity contribution in [2.24, 2.45) is 11.8 Å². The van der Waals surface area contributed by atoms with Crippen LogP contribution in [0.2, 0.25) is 0 Å². The summed E-state index contributed by atoms with van der Waals surface area (Å²) in [5, 5.41) is 4.26. The van der Waals surface area contributed by atoms with Crippen LogP contribution in [0.5, 0.6) is 0 Å². The summed E-state index contributed by atoms with van der Waals surface area (Å²) in [6, 6.07) is 1.98. The molecule has 0 aliphatic carbocycles. The van der Waals surface area contributed by atoms with Crippen molar-refractivity contribution in [2.45, 2.75) is 27.3 Å². The third-order valence-electron chi connectivity index (χ3n) is 2.14. The molecule has 1 atom stereocenters. The van der Waals surface area contributed by atoms with E-state index in [4.69, 9.17) is 5.84 Å². The number of nitrogens with zero attached hydrogens (tertiary/aromatic N) is 2. The minimum Gasteiger partial charge on any atom is -0.294 e. The van der Waals surface area contributed by atoms with E-state index < -0.39 is 0 Å². The van der Waals surface area contributed by atoms with Crippen LogP contribution in [0, 0.1) is 19.8 Å². The maximum Gasteiger partial charge on any atom is 0.238 e. The van der Waals surface area contributed by atoms with E-state index in [1.54, 1.807) is 0 Å². The number of hydrogen-bond donors (Lipinski definition) is 2. The number of carbonyl (C=O) groups excluding carboxylic acids is 1. The second kappa shape index (κ2) is 4.23. The highest BCUT2D eigenvalue weighted by atomic mass is 16.2. The molecule has 0 aromatic carbocycles. The molecule has 5 heteroatoms. The second-order valence-electron chi connectivity index (χ2n) is 3.52. The number of carbonyl (C=O) groups is 1. The first-order valence-corrected chi connectivity index (χ1v) is 4.56. The van der Waals surface area contributed by atoms with E-state index in [0.717, 1.165) is 11.4 Å². The first-order chi connectivity index (χ1) is 6.54. The van der Waals surface area contributed by atoms with Crippen LogP contribution in [0.1, 0.15) is 18.3 Å². The summed E-state index contributed by atoms with van der Waals surface area (Å²) in [5.41, 5.74) is 4.15. The zero-order valence-electron chi connectivity index (χ0n) is 8.74. The summed E-state index contributed by atoms with van der Waals surface area (Å²) in [6.45, 7) is 6.27. The number of hydrazine groups is 1. The lowest BCUT2D eigenvalue weighted by Gasteiger charge is -2.10. The molecule has 0 saturated carbocycles. The molecule has 0 saturated heterocycles. The number of aryl methyl sites for hydroxylation is 2. The Morgan fingerprint density at radius 3 is 2.79 bits per heavy atom. The van der Waals surface area contributed by atoms with Gasteiger partial charge in [-0.1, -0.05) is 6.92 Å². The molecule has 0 unspecified atom stereocenters. The van der Waals surface area contributed by atoms with Crippen LogP contribution >= 0.6 is 0 Å². The average Bonchev–Trinajstić information content (AvgIpc) is 2.44. The van der Waals surface area contributed by atoms with Crippen molar-refractivity contribution in [2.75, 3.05) is 0 Å². The van der Waals surface area contributed by atoms with E-state index >= 15 is 0 Å². The fourth-order valence-corrected chi connectivity index (χ4v) is 1.34. The molecule has 1 rings (SSSR count). The van der Waals surface area contributed by atoms with Crippen molar-refractivity contribution in [1.82, 2.24) is 15.2 Å². The Morgan fingerprint density at radius 2 is 2.36 bits per heavy atom. The highest BCUT2D eigenvalue weighted by Crippen LogP contribution is 2.06. The summed E-state index contributed by atoms with van der Waals surface area (Å²) in [4.78, 5) is 11.2. The number of nitrogens with two attached hydrogens (primary N) is 1. The molecular formula is C9H16N4O. The van der Waals surface area contributed by atoms with Gasteiger partial charge in [0.05, 0.1) is 18.2 Å². The van der Waals surface area contributed by atoms with Crippen molar-refractivity contribution >= 4 is 5.91 Å². The van der Waals surface area contributed by atoms with E-state index in [-0.39, 0.29) is 11.8 Å². The predicted molar refractivity (Wildman–Crippen MR) is 53.2 cm³/mol. The van der Waals surface area contributed by atoms with Crippen LogP contribution in [-0.4, -0.2) is 15.7 Å². The molecule has 5 nitrogen and oxygen atoms in total. The van der Waals surface area contributed by atoms with Crippen LogP contribution in [0.3, 0.4) is 0 Å². The molecule has 1 aromatic rings. The minimum absolute atomic E-state index is 0.169. The van der Waals surface area contributed by atoms with Gasteiger partial charge in [-0.25, -0.2) is 5.84 Å². The molecule has 0 aliphatic rings. The molecule has 1 aromatic heterocycles. The smallest absolute Gasteiger partial charge is 0.238 e. The van der Waals surface area contributed by atoms with Crippen LogP contribution in [0.15, 0.2) is 6.07 Å². The Kier molecular flexibility index (Phi) is 3.24. The molecule has 1 heterocycles. The zero-order valence-corrected chi connectivity index (χ0v) is 8.74. The van der Waals surface area contributed by atoms with Gasteiger partial charge in [0.25, 0.3) is 0 Å². The maximum atomic E-state index is 11.2. The Labute approximate surface area is 83.2 Å². The molecule has 0 fully saturated rings. The summed E-state index contributed by atoms with van der Waals surface area (Å²) < 4.78 is 1.81. The molecular weight excluding hydrogens is 180 g/mol. The van der Waals surface area contributed by atoms with E-state index in [1.807, 2.05) is 31.5 Å².